The fourth-order valence-corrected chi connectivity index (χ4v) is 2.46. The van der Waals surface area contributed by atoms with Crippen molar-refractivity contribution < 1.29 is 19.4 Å². The molecule has 2 aromatic carbocycles. The molecule has 0 aromatic heterocycles. The Kier molecular flexibility index (Phi) is 6.77. The average Bonchev–Trinajstić information content (AvgIpc) is 2.60. The molecule has 1 N–H and O–H groups in total. The van der Waals surface area contributed by atoms with E-state index in [0.717, 1.165) is 21.3 Å². The number of aliphatic carboxylic acids is 1. The van der Waals surface area contributed by atoms with Crippen LogP contribution in [0.5, 0.6) is 11.5 Å². The number of halogens is 1. The molecule has 5 nitrogen and oxygen atoms in total. The van der Waals surface area contributed by atoms with Crippen LogP contribution in [0, 0.1) is 0 Å². The van der Waals surface area contributed by atoms with Gasteiger partial charge in [0, 0.05) is 16.3 Å². The average molecular weight is 404 g/mol. The number of hydrogen-bond donors (Lipinski definition) is 1. The lowest BCUT2D eigenvalue weighted by Crippen LogP contribution is -2.11. The van der Waals surface area contributed by atoms with Crippen LogP contribution in [0.15, 0.2) is 58.5 Å². The van der Waals surface area contributed by atoms with Crippen LogP contribution in [-0.2, 0) is 11.2 Å². The Morgan fingerprint density at radius 1 is 1.32 bits per heavy atom. The Morgan fingerprint density at radius 2 is 2.04 bits per heavy atom. The summed E-state index contributed by atoms with van der Waals surface area (Å²) in [6.07, 6.45) is 3.96. The molecule has 0 amide bonds. The van der Waals surface area contributed by atoms with Gasteiger partial charge in [-0.25, -0.2) is 4.79 Å². The van der Waals surface area contributed by atoms with E-state index in [1.807, 2.05) is 30.3 Å². The van der Waals surface area contributed by atoms with Gasteiger partial charge in [-0.15, -0.1) is 6.58 Å². The second kappa shape index (κ2) is 9.03. The van der Waals surface area contributed by atoms with Crippen LogP contribution in [0.25, 0.3) is 0 Å². The number of carboxylic acid groups (broad SMARTS) is 1. The van der Waals surface area contributed by atoms with Crippen molar-refractivity contribution in [2.24, 2.45) is 4.99 Å². The highest BCUT2D eigenvalue weighted by molar-refractivity contribution is 9.10. The summed E-state index contributed by atoms with van der Waals surface area (Å²) in [6, 6.07) is 11.3. The van der Waals surface area contributed by atoms with Crippen molar-refractivity contribution in [3.63, 3.8) is 0 Å². The number of carboxylic acids is 1. The minimum absolute atomic E-state index is 0.408. The Morgan fingerprint density at radius 3 is 2.64 bits per heavy atom. The highest BCUT2D eigenvalue weighted by Gasteiger charge is 2.13. The summed E-state index contributed by atoms with van der Waals surface area (Å²) < 4.78 is 11.7. The molecule has 25 heavy (non-hydrogen) atoms. The van der Waals surface area contributed by atoms with Gasteiger partial charge in [0.1, 0.15) is 0 Å². The lowest BCUT2D eigenvalue weighted by Gasteiger charge is -2.14. The first-order chi connectivity index (χ1) is 12.0. The van der Waals surface area contributed by atoms with Gasteiger partial charge in [-0.3, -0.25) is 4.99 Å². The van der Waals surface area contributed by atoms with Crippen molar-refractivity contribution >= 4 is 33.8 Å². The molecule has 6 heteroatoms. The van der Waals surface area contributed by atoms with Gasteiger partial charge in [0.15, 0.2) is 18.1 Å². The smallest absolute Gasteiger partial charge is 0.341 e. The van der Waals surface area contributed by atoms with Crippen LogP contribution >= 0.6 is 15.9 Å². The number of methoxy groups -OCH3 is 1. The monoisotopic (exact) mass is 403 g/mol. The van der Waals surface area contributed by atoms with E-state index in [2.05, 4.69) is 27.5 Å². The normalized spacial score (nSPS) is 10.6. The first-order valence-electron chi connectivity index (χ1n) is 7.49. The molecule has 0 saturated heterocycles. The second-order valence-electron chi connectivity index (χ2n) is 5.12. The maximum atomic E-state index is 10.8. The van der Waals surface area contributed by atoms with Crippen LogP contribution in [-0.4, -0.2) is 31.0 Å². The first-order valence-corrected chi connectivity index (χ1v) is 8.29. The predicted molar refractivity (Wildman–Crippen MR) is 101 cm³/mol. The van der Waals surface area contributed by atoms with Crippen LogP contribution < -0.4 is 9.47 Å². The summed E-state index contributed by atoms with van der Waals surface area (Å²) >= 11 is 3.39. The van der Waals surface area contributed by atoms with Gasteiger partial charge in [-0.1, -0.05) is 22.0 Å². The van der Waals surface area contributed by atoms with Gasteiger partial charge in [-0.2, -0.15) is 0 Å². The molecule has 2 aromatic rings. The van der Waals surface area contributed by atoms with Crippen LogP contribution in [0.4, 0.5) is 5.69 Å². The van der Waals surface area contributed by atoms with Gasteiger partial charge in [0.25, 0.3) is 0 Å². The van der Waals surface area contributed by atoms with E-state index in [9.17, 15) is 4.79 Å². The molecular weight excluding hydrogens is 386 g/mol. The molecule has 0 aliphatic carbocycles. The molecule has 0 aliphatic rings. The van der Waals surface area contributed by atoms with Crippen LogP contribution in [0.1, 0.15) is 11.1 Å². The number of benzene rings is 2. The molecule has 0 aliphatic heterocycles. The van der Waals surface area contributed by atoms with Crippen molar-refractivity contribution in [1.82, 2.24) is 0 Å². The summed E-state index contributed by atoms with van der Waals surface area (Å²) in [7, 11) is 1.51. The fourth-order valence-electron chi connectivity index (χ4n) is 2.19. The van der Waals surface area contributed by atoms with Gasteiger partial charge in [0.05, 0.1) is 12.8 Å². The Bertz CT molecular complexity index is 785. The molecule has 0 heterocycles. The third kappa shape index (κ3) is 5.46. The number of allylic oxidation sites excluding steroid dienone is 1. The SMILES string of the molecule is C=CCc1cc(C=Nc2ccc(Br)cc2)cc(OC)c1OCC(=O)O. The third-order valence-corrected chi connectivity index (χ3v) is 3.80. The summed E-state index contributed by atoms with van der Waals surface area (Å²) in [6.45, 7) is 3.29. The van der Waals surface area contributed by atoms with Crippen molar-refractivity contribution in [2.75, 3.05) is 13.7 Å². The zero-order valence-electron chi connectivity index (χ0n) is 13.7. The zero-order chi connectivity index (χ0) is 18.2. The van der Waals surface area contributed by atoms with Crippen molar-refractivity contribution in [2.45, 2.75) is 6.42 Å². The van der Waals surface area contributed by atoms with Crippen molar-refractivity contribution in [3.05, 3.63) is 64.7 Å². The van der Waals surface area contributed by atoms with Gasteiger partial charge in [0.2, 0.25) is 0 Å². The summed E-state index contributed by atoms with van der Waals surface area (Å²) in [4.78, 5) is 15.2. The molecule has 0 atom stereocenters. The quantitative estimate of drug-likeness (QED) is 0.523. The summed E-state index contributed by atoms with van der Waals surface area (Å²) in [5.41, 5.74) is 2.42. The number of ether oxygens (including phenoxy) is 2. The Hall–Kier alpha value is -2.60. The van der Waals surface area contributed by atoms with Gasteiger partial charge >= 0.3 is 5.97 Å². The predicted octanol–water partition coefficient (Wildman–Crippen LogP) is 4.40. The summed E-state index contributed by atoms with van der Waals surface area (Å²) in [5, 5.41) is 8.83. The minimum Gasteiger partial charge on any atom is -0.493 e. The van der Waals surface area contributed by atoms with E-state index in [0.29, 0.717) is 17.9 Å². The Balaban J connectivity index is 2.35. The highest BCUT2D eigenvalue weighted by atomic mass is 79.9. The standard InChI is InChI=1S/C19H18BrNO4/c1-3-4-14-9-13(11-21-16-7-5-15(20)6-8-16)10-17(24-2)19(14)25-12-18(22)23/h3,5-11H,1,4,12H2,2H3,(H,22,23). The van der Waals surface area contributed by atoms with E-state index < -0.39 is 12.6 Å². The second-order valence-corrected chi connectivity index (χ2v) is 6.04. The fraction of sp³-hybridized carbons (Fsp3) is 0.158. The number of carbonyl (C=O) groups is 1. The number of aliphatic imine (C=N–C) groups is 1. The molecule has 0 unspecified atom stereocenters. The molecule has 0 radical (unpaired) electrons. The molecule has 2 rings (SSSR count). The lowest BCUT2D eigenvalue weighted by molar-refractivity contribution is -0.139. The van der Waals surface area contributed by atoms with Crippen LogP contribution in [0.2, 0.25) is 0 Å². The summed E-state index contributed by atoms with van der Waals surface area (Å²) in [5.74, 6) is -0.184. The minimum atomic E-state index is -1.05. The highest BCUT2D eigenvalue weighted by Crippen LogP contribution is 2.33. The number of rotatable bonds is 8. The molecule has 0 bridgehead atoms. The number of hydrogen-bond acceptors (Lipinski definition) is 4. The van der Waals surface area contributed by atoms with Crippen LogP contribution in [0.3, 0.4) is 0 Å². The maximum absolute atomic E-state index is 10.8. The van der Waals surface area contributed by atoms with Gasteiger partial charge in [-0.05, 0) is 48.4 Å². The van der Waals surface area contributed by atoms with E-state index in [-0.39, 0.29) is 0 Å². The van der Waals surface area contributed by atoms with E-state index in [1.54, 1.807) is 18.4 Å². The first kappa shape index (κ1) is 18.7. The van der Waals surface area contributed by atoms with Crippen molar-refractivity contribution in [3.8, 4) is 11.5 Å². The van der Waals surface area contributed by atoms with E-state index in [1.165, 1.54) is 7.11 Å². The molecular formula is C19H18BrNO4. The third-order valence-electron chi connectivity index (χ3n) is 3.27. The number of nitrogens with zero attached hydrogens (tertiary/aromatic N) is 1. The topological polar surface area (TPSA) is 68.1 Å². The zero-order valence-corrected chi connectivity index (χ0v) is 15.3. The maximum Gasteiger partial charge on any atom is 0.341 e. The molecule has 0 saturated carbocycles. The molecule has 0 spiro atoms. The van der Waals surface area contributed by atoms with Gasteiger partial charge < -0.3 is 14.6 Å². The van der Waals surface area contributed by atoms with E-state index >= 15 is 0 Å². The molecule has 130 valence electrons. The Labute approximate surface area is 154 Å². The lowest BCUT2D eigenvalue weighted by atomic mass is 10.1. The van der Waals surface area contributed by atoms with Crippen molar-refractivity contribution in [1.29, 1.82) is 0 Å². The van der Waals surface area contributed by atoms with E-state index in [4.69, 9.17) is 14.6 Å². The largest absolute Gasteiger partial charge is 0.493 e. The molecule has 0 fully saturated rings.